The van der Waals surface area contributed by atoms with E-state index in [1.165, 1.54) is 46.8 Å². The van der Waals surface area contributed by atoms with E-state index >= 15 is 0 Å². The molecule has 206 valence electrons. The minimum atomic E-state index is -0.203. The van der Waals surface area contributed by atoms with Gasteiger partial charge in [-0.3, -0.25) is 0 Å². The number of ether oxygens (including phenoxy) is 1. The van der Waals surface area contributed by atoms with Gasteiger partial charge in [-0.05, 0) is 73.9 Å². The number of rotatable bonds is 6. The number of likely N-dealkylation sites (tertiary alicyclic amines) is 1. The summed E-state index contributed by atoms with van der Waals surface area (Å²) in [6.45, 7) is 2.30. The van der Waals surface area contributed by atoms with Gasteiger partial charge in [0.25, 0.3) is 0 Å². The number of carbonyl (C=O) groups excluding carboxylic acids is 1. The van der Waals surface area contributed by atoms with Gasteiger partial charge >= 0.3 is 6.09 Å². The van der Waals surface area contributed by atoms with Gasteiger partial charge in [-0.15, -0.1) is 0 Å². The van der Waals surface area contributed by atoms with Crippen LogP contribution in [-0.4, -0.2) is 46.1 Å². The first-order valence-electron chi connectivity index (χ1n) is 14.6. The highest BCUT2D eigenvalue weighted by Crippen LogP contribution is 2.26. The van der Waals surface area contributed by atoms with Gasteiger partial charge in [-0.2, -0.15) is 0 Å². The van der Waals surface area contributed by atoms with Crippen LogP contribution in [0.1, 0.15) is 42.4 Å². The Morgan fingerprint density at radius 1 is 0.775 bits per heavy atom. The van der Waals surface area contributed by atoms with Crippen LogP contribution < -0.4 is 5.32 Å². The zero-order valence-electron chi connectivity index (χ0n) is 22.9. The lowest BCUT2D eigenvalue weighted by atomic mass is 10.0. The molecule has 5 aromatic rings. The van der Waals surface area contributed by atoms with Gasteiger partial charge in [0.2, 0.25) is 0 Å². The lowest BCUT2D eigenvalue weighted by molar-refractivity contribution is 0.0921. The molecule has 6 nitrogen and oxygen atoms in total. The van der Waals surface area contributed by atoms with E-state index in [4.69, 9.17) is 4.74 Å². The second kappa shape index (κ2) is 12.4. The number of benzene rings is 3. The number of amides is 1. The van der Waals surface area contributed by atoms with Crippen LogP contribution in [0.3, 0.4) is 0 Å². The fourth-order valence-electron chi connectivity index (χ4n) is 6.14. The molecule has 2 aromatic heterocycles. The van der Waals surface area contributed by atoms with Crippen LogP contribution in [0.5, 0.6) is 0 Å². The summed E-state index contributed by atoms with van der Waals surface area (Å²) in [5, 5.41) is 6.17. The summed E-state index contributed by atoms with van der Waals surface area (Å²) in [7, 11) is 0. The molecule has 2 atom stereocenters. The Hall–Kier alpha value is -4.03. The Labute approximate surface area is 235 Å². The number of nitrogens with one attached hydrogen (secondary N) is 3. The first-order valence-corrected chi connectivity index (χ1v) is 14.6. The molecule has 6 heteroatoms. The third kappa shape index (κ3) is 6.07. The topological polar surface area (TPSA) is 73.2 Å². The number of hydrogen-bond acceptors (Lipinski definition) is 3. The van der Waals surface area contributed by atoms with Crippen molar-refractivity contribution >= 4 is 27.9 Å². The van der Waals surface area contributed by atoms with Crippen molar-refractivity contribution in [1.82, 2.24) is 20.2 Å². The molecule has 3 aromatic carbocycles. The zero-order chi connectivity index (χ0) is 27.1. The van der Waals surface area contributed by atoms with Crippen LogP contribution in [0.4, 0.5) is 4.79 Å². The molecule has 0 aliphatic carbocycles. The van der Waals surface area contributed by atoms with E-state index in [0.29, 0.717) is 12.6 Å². The summed E-state index contributed by atoms with van der Waals surface area (Å²) < 4.78 is 5.53. The quantitative estimate of drug-likeness (QED) is 0.220. The molecule has 2 aliphatic heterocycles. The van der Waals surface area contributed by atoms with Crippen molar-refractivity contribution in [2.24, 2.45) is 0 Å². The summed E-state index contributed by atoms with van der Waals surface area (Å²) in [5.41, 5.74) is 6.13. The average Bonchev–Trinajstić information content (AvgIpc) is 3.82. The van der Waals surface area contributed by atoms with Crippen LogP contribution >= 0.6 is 0 Å². The van der Waals surface area contributed by atoms with E-state index in [1.54, 1.807) is 0 Å². The Morgan fingerprint density at radius 3 is 2.10 bits per heavy atom. The monoisotopic (exact) mass is 534 g/mol. The normalized spacial score (nSPS) is 18.6. The molecule has 0 bridgehead atoms. The third-order valence-electron chi connectivity index (χ3n) is 8.25. The molecule has 7 rings (SSSR count). The fourth-order valence-corrected chi connectivity index (χ4v) is 6.14. The standard InChI is InChI=1S/C21H22N2O2.C13H16N2/c24-21(25-15-16-7-2-1-3-8-16)23-12-6-9-18(23)13-17-14-22-20-11-5-4-10-19(17)20;1-2-6-13-12(5-1)10(9-15-13)8-11-4-3-7-14-11/h1-5,7-8,10-11,14,18,22H,6,9,12-13,15H2;1-2,5-6,9,11,14-15H,3-4,7-8H2/t18-;11-/m11/s1. The molecular formula is C34H38N4O2. The largest absolute Gasteiger partial charge is 0.445 e. The summed E-state index contributed by atoms with van der Waals surface area (Å²) in [5.74, 6) is 0. The first kappa shape index (κ1) is 26.2. The minimum absolute atomic E-state index is 0.203. The molecule has 40 heavy (non-hydrogen) atoms. The van der Waals surface area contributed by atoms with Gasteiger partial charge in [-0.1, -0.05) is 66.7 Å². The summed E-state index contributed by atoms with van der Waals surface area (Å²) >= 11 is 0. The van der Waals surface area contributed by atoms with Gasteiger partial charge < -0.3 is 24.9 Å². The van der Waals surface area contributed by atoms with E-state index in [1.807, 2.05) is 41.3 Å². The Morgan fingerprint density at radius 2 is 1.43 bits per heavy atom. The van der Waals surface area contributed by atoms with Crippen LogP contribution in [0.25, 0.3) is 21.8 Å². The van der Waals surface area contributed by atoms with Crippen molar-refractivity contribution < 1.29 is 9.53 Å². The molecule has 2 fully saturated rings. The van der Waals surface area contributed by atoms with Crippen molar-refractivity contribution in [3.8, 4) is 0 Å². The van der Waals surface area contributed by atoms with Crippen molar-refractivity contribution in [1.29, 1.82) is 0 Å². The molecule has 3 N–H and O–H groups in total. The molecular weight excluding hydrogens is 496 g/mol. The molecule has 0 saturated carbocycles. The lowest BCUT2D eigenvalue weighted by Crippen LogP contribution is -2.37. The van der Waals surface area contributed by atoms with Gasteiger partial charge in [0.05, 0.1) is 0 Å². The van der Waals surface area contributed by atoms with Crippen molar-refractivity contribution in [3.63, 3.8) is 0 Å². The van der Waals surface area contributed by atoms with E-state index in [2.05, 4.69) is 70.1 Å². The number of fused-ring (bicyclic) bond motifs is 2. The van der Waals surface area contributed by atoms with Crippen LogP contribution in [0.2, 0.25) is 0 Å². The molecule has 4 heterocycles. The van der Waals surface area contributed by atoms with Crippen LogP contribution in [0, 0.1) is 0 Å². The van der Waals surface area contributed by atoms with E-state index in [-0.39, 0.29) is 12.1 Å². The average molecular weight is 535 g/mol. The van der Waals surface area contributed by atoms with Crippen LogP contribution in [0.15, 0.2) is 91.3 Å². The highest BCUT2D eigenvalue weighted by Gasteiger charge is 2.30. The minimum Gasteiger partial charge on any atom is -0.445 e. The van der Waals surface area contributed by atoms with Gasteiger partial charge in [-0.25, -0.2) is 4.79 Å². The molecule has 1 amide bonds. The van der Waals surface area contributed by atoms with Crippen LogP contribution in [-0.2, 0) is 24.2 Å². The van der Waals surface area contributed by atoms with Crippen molar-refractivity contribution in [2.45, 2.75) is 57.2 Å². The number of aromatic amines is 2. The zero-order valence-corrected chi connectivity index (χ0v) is 22.9. The van der Waals surface area contributed by atoms with Crippen molar-refractivity contribution in [3.05, 3.63) is 108 Å². The summed E-state index contributed by atoms with van der Waals surface area (Å²) in [4.78, 5) is 21.1. The highest BCUT2D eigenvalue weighted by molar-refractivity contribution is 5.84. The van der Waals surface area contributed by atoms with Gasteiger partial charge in [0, 0.05) is 52.8 Å². The van der Waals surface area contributed by atoms with E-state index in [9.17, 15) is 4.79 Å². The maximum atomic E-state index is 12.5. The van der Waals surface area contributed by atoms with Crippen molar-refractivity contribution in [2.75, 3.05) is 13.1 Å². The second-order valence-electron chi connectivity index (χ2n) is 11.0. The second-order valence-corrected chi connectivity index (χ2v) is 11.0. The number of H-pyrrole nitrogens is 2. The van der Waals surface area contributed by atoms with Gasteiger partial charge in [0.15, 0.2) is 0 Å². The number of carbonyl (C=O) groups is 1. The third-order valence-corrected chi connectivity index (χ3v) is 8.25. The number of nitrogens with zero attached hydrogens (tertiary/aromatic N) is 1. The summed E-state index contributed by atoms with van der Waals surface area (Å²) in [6, 6.07) is 27.6. The highest BCUT2D eigenvalue weighted by atomic mass is 16.6. The molecule has 0 unspecified atom stereocenters. The Balaban J connectivity index is 0.000000164. The molecule has 2 saturated heterocycles. The Bertz CT molecular complexity index is 1530. The first-order chi connectivity index (χ1) is 19.7. The maximum Gasteiger partial charge on any atom is 0.410 e. The van der Waals surface area contributed by atoms with Gasteiger partial charge in [0.1, 0.15) is 6.61 Å². The predicted molar refractivity (Wildman–Crippen MR) is 161 cm³/mol. The molecule has 0 radical (unpaired) electrons. The number of hydrogen-bond donors (Lipinski definition) is 3. The smallest absolute Gasteiger partial charge is 0.410 e. The SMILES string of the molecule is O=C(OCc1ccccc1)N1CCC[C@@H]1Cc1c[nH]c2ccccc12.c1ccc2c(C[C@H]3CCCN3)c[nH]c2c1. The number of aromatic nitrogens is 2. The maximum absolute atomic E-state index is 12.5. The fraction of sp³-hybridized carbons (Fsp3) is 0.324. The molecule has 2 aliphatic rings. The summed E-state index contributed by atoms with van der Waals surface area (Å²) in [6.07, 6.45) is 10.8. The molecule has 0 spiro atoms. The Kier molecular flexibility index (Phi) is 8.15. The van der Waals surface area contributed by atoms with E-state index < -0.39 is 0 Å². The lowest BCUT2D eigenvalue weighted by Gasteiger charge is -2.24. The van der Waals surface area contributed by atoms with E-state index in [0.717, 1.165) is 43.3 Å². The predicted octanol–water partition coefficient (Wildman–Crippen LogP) is 6.97. The number of para-hydroxylation sites is 2.